The summed E-state index contributed by atoms with van der Waals surface area (Å²) in [6, 6.07) is 12.8. The van der Waals surface area contributed by atoms with E-state index in [-0.39, 0.29) is 16.5 Å². The van der Waals surface area contributed by atoms with Gasteiger partial charge in [-0.05, 0) is 47.5 Å². The second-order valence-corrected chi connectivity index (χ2v) is 7.81. The number of pyridine rings is 1. The van der Waals surface area contributed by atoms with Crippen LogP contribution in [0.15, 0.2) is 59.1 Å². The van der Waals surface area contributed by atoms with E-state index in [2.05, 4.69) is 4.98 Å². The first-order valence-electron chi connectivity index (χ1n) is 9.04. The maximum atomic E-state index is 12.6. The molecule has 2 aromatic heterocycles. The average molecular weight is 438 g/mol. The van der Waals surface area contributed by atoms with Gasteiger partial charge in [-0.15, -0.1) is 0 Å². The van der Waals surface area contributed by atoms with Crippen LogP contribution in [0.1, 0.15) is 11.5 Å². The van der Waals surface area contributed by atoms with Crippen LogP contribution < -0.4 is 4.74 Å². The number of hydrogen-bond acceptors (Lipinski definition) is 5. The number of furan rings is 1. The van der Waals surface area contributed by atoms with E-state index in [0.717, 1.165) is 17.2 Å². The maximum Gasteiger partial charge on any atom is 0.449 e. The first-order valence-corrected chi connectivity index (χ1v) is 10.1. The van der Waals surface area contributed by atoms with E-state index in [4.69, 9.17) is 9.15 Å². The molecular formula is C20H17F3N2O4S. The Labute approximate surface area is 171 Å². The van der Waals surface area contributed by atoms with Crippen molar-refractivity contribution in [1.29, 1.82) is 0 Å². The van der Waals surface area contributed by atoms with Gasteiger partial charge in [0.25, 0.3) is 0 Å². The molecule has 3 aromatic rings. The number of alkyl halides is 3. The molecule has 30 heavy (non-hydrogen) atoms. The number of halogens is 3. The lowest BCUT2D eigenvalue weighted by atomic mass is 10.1. The first-order chi connectivity index (χ1) is 14.3. The Morgan fingerprint density at radius 3 is 2.30 bits per heavy atom. The lowest BCUT2D eigenvalue weighted by molar-refractivity contribution is -0.153. The van der Waals surface area contributed by atoms with Crippen molar-refractivity contribution >= 4 is 10.3 Å². The van der Waals surface area contributed by atoms with Crippen molar-refractivity contribution in [3.63, 3.8) is 0 Å². The molecule has 1 N–H and O–H groups in total. The molecule has 0 spiro atoms. The van der Waals surface area contributed by atoms with Gasteiger partial charge in [-0.1, -0.05) is 12.1 Å². The van der Waals surface area contributed by atoms with E-state index in [1.165, 1.54) is 12.1 Å². The molecule has 10 heteroatoms. The van der Waals surface area contributed by atoms with E-state index in [1.54, 1.807) is 12.3 Å². The summed E-state index contributed by atoms with van der Waals surface area (Å²) in [4.78, 5) is 4.65. The van der Waals surface area contributed by atoms with E-state index in [1.807, 2.05) is 29.2 Å². The lowest BCUT2D eigenvalue weighted by Crippen LogP contribution is -2.52. The van der Waals surface area contributed by atoms with Gasteiger partial charge in [0.15, 0.2) is 4.64 Å². The van der Waals surface area contributed by atoms with Crippen molar-refractivity contribution in [2.75, 3.05) is 13.1 Å². The van der Waals surface area contributed by atoms with E-state index in [0.29, 0.717) is 25.4 Å². The van der Waals surface area contributed by atoms with Crippen molar-refractivity contribution in [1.82, 2.24) is 9.88 Å². The zero-order valence-electron chi connectivity index (χ0n) is 15.5. The summed E-state index contributed by atoms with van der Waals surface area (Å²) < 4.78 is 70.3. The Bertz CT molecular complexity index is 1180. The number of aromatic amines is 1. The van der Waals surface area contributed by atoms with Crippen molar-refractivity contribution in [3.8, 4) is 16.9 Å². The monoisotopic (exact) mass is 438 g/mol. The molecule has 0 amide bonds. The number of benzene rings is 1. The van der Waals surface area contributed by atoms with Gasteiger partial charge in [0.2, 0.25) is 16.1 Å². The Kier molecular flexibility index (Phi) is 5.44. The predicted molar refractivity (Wildman–Crippen MR) is 102 cm³/mol. The van der Waals surface area contributed by atoms with E-state index < -0.39 is 22.2 Å². The third kappa shape index (κ3) is 4.60. The lowest BCUT2D eigenvalue weighted by Gasteiger charge is -2.38. The molecule has 0 saturated carbocycles. The molecule has 0 atom stereocenters. The van der Waals surface area contributed by atoms with Crippen LogP contribution >= 0.6 is 0 Å². The standard InChI is InChI=1S/C20H17F3N2O4S/c21-20(22,23)18-7-6-16(29-18)10-25-11-17(12-25)28-15-4-1-13(2-5-15)14-3-8-19(24-9-14)30(26)27/h1-9,17,24H,10-12H2. The summed E-state index contributed by atoms with van der Waals surface area (Å²) in [6.07, 6.45) is -2.91. The van der Waals surface area contributed by atoms with Crippen LogP contribution in [0.3, 0.4) is 0 Å². The first kappa shape index (κ1) is 20.3. The number of hydrogen-bond donors (Lipinski definition) is 1. The Morgan fingerprint density at radius 2 is 1.73 bits per heavy atom. The summed E-state index contributed by atoms with van der Waals surface area (Å²) in [5.74, 6) is -0.0322. The van der Waals surface area contributed by atoms with E-state index >= 15 is 0 Å². The SMILES string of the molecule is O=S(=O)=c1ccc(-c2ccc(OC3CN(Cc4ccc(C(F)(F)F)o4)C3)cc2)c[nH]1. The van der Waals surface area contributed by atoms with Gasteiger partial charge in [-0.3, -0.25) is 4.90 Å². The number of rotatable bonds is 5. The molecule has 0 unspecified atom stereocenters. The third-order valence-electron chi connectivity index (χ3n) is 4.70. The highest BCUT2D eigenvalue weighted by Gasteiger charge is 2.35. The summed E-state index contributed by atoms with van der Waals surface area (Å²) in [5, 5.41) is 0. The fourth-order valence-corrected chi connectivity index (χ4v) is 3.51. The fourth-order valence-electron chi connectivity index (χ4n) is 3.17. The second-order valence-electron chi connectivity index (χ2n) is 6.90. The average Bonchev–Trinajstić information content (AvgIpc) is 3.16. The molecule has 3 heterocycles. The number of aromatic nitrogens is 1. The Balaban J connectivity index is 1.30. The van der Waals surface area contributed by atoms with Crippen molar-refractivity contribution in [2.24, 2.45) is 0 Å². The molecule has 0 radical (unpaired) electrons. The van der Waals surface area contributed by atoms with Crippen LogP contribution in [0.25, 0.3) is 11.1 Å². The van der Waals surface area contributed by atoms with Crippen molar-refractivity contribution in [3.05, 3.63) is 70.9 Å². The van der Waals surface area contributed by atoms with Crippen LogP contribution in [0, 0.1) is 4.64 Å². The maximum absolute atomic E-state index is 12.6. The zero-order valence-corrected chi connectivity index (χ0v) is 16.3. The number of ether oxygens (including phenoxy) is 1. The molecule has 1 aromatic carbocycles. The van der Waals surface area contributed by atoms with Crippen LogP contribution in [-0.4, -0.2) is 37.5 Å². The molecule has 1 aliphatic heterocycles. The topological polar surface area (TPSA) is 75.5 Å². The molecule has 1 saturated heterocycles. The highest BCUT2D eigenvalue weighted by Crippen LogP contribution is 2.31. The van der Waals surface area contributed by atoms with Crippen LogP contribution in [0.4, 0.5) is 13.2 Å². The van der Waals surface area contributed by atoms with Crippen molar-refractivity contribution < 1.29 is 30.7 Å². The second kappa shape index (κ2) is 8.04. The summed E-state index contributed by atoms with van der Waals surface area (Å²) in [7, 11) is -2.30. The van der Waals surface area contributed by atoms with Gasteiger partial charge in [-0.2, -0.15) is 21.6 Å². The molecule has 1 fully saturated rings. The van der Waals surface area contributed by atoms with Gasteiger partial charge >= 0.3 is 6.18 Å². The van der Waals surface area contributed by atoms with E-state index in [9.17, 15) is 21.6 Å². The smallest absolute Gasteiger partial charge is 0.449 e. The van der Waals surface area contributed by atoms with Gasteiger partial charge in [0, 0.05) is 19.3 Å². The minimum absolute atomic E-state index is 0.0486. The summed E-state index contributed by atoms with van der Waals surface area (Å²) >= 11 is 0. The fraction of sp³-hybridized carbons (Fsp3) is 0.250. The quantitative estimate of drug-likeness (QED) is 0.610. The predicted octanol–water partition coefficient (Wildman–Crippen LogP) is 3.97. The Morgan fingerprint density at radius 1 is 1.03 bits per heavy atom. The number of likely N-dealkylation sites (tertiary alicyclic amines) is 1. The van der Waals surface area contributed by atoms with Crippen LogP contribution in [0.5, 0.6) is 5.75 Å². The Hall–Kier alpha value is -2.98. The molecule has 158 valence electrons. The normalized spacial score (nSPS) is 15.0. The zero-order chi connectivity index (χ0) is 21.3. The van der Waals surface area contributed by atoms with Gasteiger partial charge < -0.3 is 14.1 Å². The third-order valence-corrected chi connectivity index (χ3v) is 5.31. The van der Waals surface area contributed by atoms with Gasteiger partial charge in [0.1, 0.15) is 17.6 Å². The van der Waals surface area contributed by atoms with Gasteiger partial charge in [0.05, 0.1) is 6.54 Å². The number of nitrogens with zero attached hydrogens (tertiary/aromatic N) is 1. The molecule has 0 bridgehead atoms. The minimum atomic E-state index is -4.47. The highest BCUT2D eigenvalue weighted by molar-refractivity contribution is 7.63. The molecule has 4 rings (SSSR count). The van der Waals surface area contributed by atoms with Crippen molar-refractivity contribution in [2.45, 2.75) is 18.8 Å². The number of nitrogens with one attached hydrogen (secondary N) is 1. The molecule has 1 aliphatic rings. The molecule has 6 nitrogen and oxygen atoms in total. The molecule has 0 aliphatic carbocycles. The minimum Gasteiger partial charge on any atom is -0.488 e. The largest absolute Gasteiger partial charge is 0.488 e. The summed E-state index contributed by atoms with van der Waals surface area (Å²) in [5.41, 5.74) is 1.73. The van der Waals surface area contributed by atoms with Crippen LogP contribution in [0.2, 0.25) is 0 Å². The highest BCUT2D eigenvalue weighted by atomic mass is 32.2. The van der Waals surface area contributed by atoms with Gasteiger partial charge in [-0.25, -0.2) is 0 Å². The summed E-state index contributed by atoms with van der Waals surface area (Å²) in [6.45, 7) is 1.48. The molecular weight excluding hydrogens is 421 g/mol. The number of H-pyrrole nitrogens is 1. The van der Waals surface area contributed by atoms with Crippen LogP contribution in [-0.2, 0) is 23.0 Å².